The number of nitrogens with zero attached hydrogens (tertiary/aromatic N) is 3. The second kappa shape index (κ2) is 11.9. The topological polar surface area (TPSA) is 87.3 Å². The third-order valence-electron chi connectivity index (χ3n) is 7.86. The Hall–Kier alpha value is -4.50. The average Bonchev–Trinajstić information content (AvgIpc) is 3.55. The first-order chi connectivity index (χ1) is 20.1. The van der Waals surface area contributed by atoms with Crippen LogP contribution in [0.3, 0.4) is 0 Å². The fourth-order valence-electron chi connectivity index (χ4n) is 5.84. The van der Waals surface area contributed by atoms with Crippen LogP contribution in [0.2, 0.25) is 0 Å². The zero-order valence-electron chi connectivity index (χ0n) is 23.1. The largest absolute Gasteiger partial charge is 0.497 e. The van der Waals surface area contributed by atoms with Crippen molar-refractivity contribution >= 4 is 23.1 Å². The normalized spacial score (nSPS) is 18.5. The zero-order chi connectivity index (χ0) is 28.2. The summed E-state index contributed by atoms with van der Waals surface area (Å²) in [6.45, 7) is 2.34. The second-order valence-corrected chi connectivity index (χ2v) is 10.5. The molecule has 4 aromatic rings. The van der Waals surface area contributed by atoms with Gasteiger partial charge in [-0.05, 0) is 47.7 Å². The summed E-state index contributed by atoms with van der Waals surface area (Å²) in [5.41, 5.74) is 4.05. The van der Waals surface area contributed by atoms with Gasteiger partial charge < -0.3 is 19.2 Å². The van der Waals surface area contributed by atoms with Gasteiger partial charge in [-0.3, -0.25) is 4.90 Å². The zero-order valence-corrected chi connectivity index (χ0v) is 23.1. The van der Waals surface area contributed by atoms with Crippen LogP contribution in [0.25, 0.3) is 10.9 Å². The predicted octanol–water partition coefficient (Wildman–Crippen LogP) is 5.37. The van der Waals surface area contributed by atoms with Gasteiger partial charge in [0.1, 0.15) is 19.0 Å². The number of carbonyl (C=O) groups is 2. The number of methoxy groups -OCH3 is 1. The lowest BCUT2D eigenvalue weighted by atomic mass is 10.0. The summed E-state index contributed by atoms with van der Waals surface area (Å²) in [4.78, 5) is 32.5. The van der Waals surface area contributed by atoms with E-state index in [0.29, 0.717) is 19.5 Å². The van der Waals surface area contributed by atoms with Crippen LogP contribution in [-0.2, 0) is 29.1 Å². The lowest BCUT2D eigenvalue weighted by molar-refractivity contribution is -0.0199. The number of aromatic amines is 1. The molecule has 0 aliphatic carbocycles. The highest BCUT2D eigenvalue weighted by Gasteiger charge is 2.50. The van der Waals surface area contributed by atoms with Gasteiger partial charge in [0.25, 0.3) is 0 Å². The molecule has 0 spiro atoms. The molecule has 6 rings (SSSR count). The molecule has 2 aliphatic rings. The second-order valence-electron chi connectivity index (χ2n) is 10.5. The molecule has 2 aliphatic heterocycles. The van der Waals surface area contributed by atoms with Gasteiger partial charge in [-0.2, -0.15) is 0 Å². The Labute approximate surface area is 239 Å². The van der Waals surface area contributed by atoms with Crippen LogP contribution in [-0.4, -0.2) is 70.9 Å². The summed E-state index contributed by atoms with van der Waals surface area (Å²) in [5.74, 6) is 0.823. The smallest absolute Gasteiger partial charge is 0.429 e. The summed E-state index contributed by atoms with van der Waals surface area (Å²) >= 11 is 0. The molecule has 9 nitrogen and oxygen atoms in total. The summed E-state index contributed by atoms with van der Waals surface area (Å²) in [6.07, 6.45) is 2.47. The molecule has 2 atom stereocenters. The first kappa shape index (κ1) is 26.7. The molecule has 1 aromatic heterocycles. The van der Waals surface area contributed by atoms with Crippen molar-refractivity contribution in [3.8, 4) is 5.75 Å². The minimum Gasteiger partial charge on any atom is -0.497 e. The van der Waals surface area contributed by atoms with Crippen LogP contribution < -0.4 is 4.74 Å². The number of hydrogen-bond donors (Lipinski definition) is 1. The molecule has 3 aromatic carbocycles. The number of aromatic nitrogens is 1. The Kier molecular flexibility index (Phi) is 7.78. The molecule has 2 amide bonds. The van der Waals surface area contributed by atoms with Gasteiger partial charge in [-0.1, -0.05) is 60.7 Å². The molecule has 9 heteroatoms. The van der Waals surface area contributed by atoms with Gasteiger partial charge in [-0.15, -0.1) is 0 Å². The maximum atomic E-state index is 13.4. The Morgan fingerprint density at radius 1 is 0.829 bits per heavy atom. The van der Waals surface area contributed by atoms with Crippen molar-refractivity contribution in [1.82, 2.24) is 19.9 Å². The summed E-state index contributed by atoms with van der Waals surface area (Å²) < 4.78 is 16.8. The van der Waals surface area contributed by atoms with Crippen molar-refractivity contribution in [3.63, 3.8) is 0 Å². The van der Waals surface area contributed by atoms with Gasteiger partial charge in [0, 0.05) is 36.7 Å². The molecule has 0 radical (unpaired) electrons. The molecule has 2 unspecified atom stereocenters. The SMILES string of the molecule is COc1ccc2[nH]cc(CCN3CC4CC(C3)N(C(=O)OCc3ccccc3)N4C(=O)OCc3ccccc3)c2c1. The Balaban J connectivity index is 1.16. The van der Waals surface area contributed by atoms with Crippen molar-refractivity contribution in [2.45, 2.75) is 38.1 Å². The molecule has 2 fully saturated rings. The van der Waals surface area contributed by atoms with Crippen LogP contribution in [0.1, 0.15) is 23.1 Å². The fourth-order valence-corrected chi connectivity index (χ4v) is 5.84. The van der Waals surface area contributed by atoms with Crippen molar-refractivity contribution in [3.05, 3.63) is 102 Å². The summed E-state index contributed by atoms with van der Waals surface area (Å²) in [7, 11) is 1.67. The highest BCUT2D eigenvalue weighted by molar-refractivity contribution is 5.84. The molecular formula is C32H34N4O5. The molecular weight excluding hydrogens is 520 g/mol. The minimum absolute atomic E-state index is 0.133. The number of nitrogens with one attached hydrogen (secondary N) is 1. The predicted molar refractivity (Wildman–Crippen MR) is 154 cm³/mol. The van der Waals surface area contributed by atoms with E-state index in [9.17, 15) is 9.59 Å². The van der Waals surface area contributed by atoms with E-state index in [1.165, 1.54) is 15.6 Å². The first-order valence-electron chi connectivity index (χ1n) is 13.9. The first-order valence-corrected chi connectivity index (χ1v) is 13.9. The van der Waals surface area contributed by atoms with Gasteiger partial charge >= 0.3 is 12.2 Å². The van der Waals surface area contributed by atoms with Crippen LogP contribution >= 0.6 is 0 Å². The Morgan fingerprint density at radius 2 is 1.41 bits per heavy atom. The van der Waals surface area contributed by atoms with Crippen molar-refractivity contribution < 1.29 is 23.8 Å². The number of carbonyl (C=O) groups excluding carboxylic acids is 2. The van der Waals surface area contributed by atoms with Gasteiger partial charge in [0.15, 0.2) is 0 Å². The van der Waals surface area contributed by atoms with E-state index >= 15 is 0 Å². The quantitative estimate of drug-likeness (QED) is 0.315. The van der Waals surface area contributed by atoms with E-state index in [2.05, 4.69) is 16.0 Å². The van der Waals surface area contributed by atoms with E-state index in [1.807, 2.05) is 79.0 Å². The number of fused-ring (bicyclic) bond motifs is 3. The molecule has 1 N–H and O–H groups in total. The standard InChI is InChI=1S/C32H34N4O5/c1-39-28-12-13-30-29(17-28)25(18-33-30)14-15-34-19-26-16-27(20-34)36(32(38)41-22-24-10-6-3-7-11-24)35(26)31(37)40-21-23-8-4-2-5-9-23/h2-13,17-18,26-27,33H,14-16,19-22H2,1H3. The lowest BCUT2D eigenvalue weighted by Crippen LogP contribution is -2.50. The number of ether oxygens (including phenoxy) is 3. The molecule has 212 valence electrons. The third-order valence-corrected chi connectivity index (χ3v) is 7.86. The minimum atomic E-state index is -0.538. The monoisotopic (exact) mass is 554 g/mol. The number of hydrogen-bond acceptors (Lipinski definition) is 6. The molecule has 2 bridgehead atoms. The number of hydrazine groups is 1. The molecule has 3 heterocycles. The van der Waals surface area contributed by atoms with E-state index in [0.717, 1.165) is 40.7 Å². The number of piperidine rings is 1. The van der Waals surface area contributed by atoms with Crippen LogP contribution in [0.4, 0.5) is 9.59 Å². The number of H-pyrrole nitrogens is 1. The van der Waals surface area contributed by atoms with Crippen molar-refractivity contribution in [2.75, 3.05) is 26.7 Å². The van der Waals surface area contributed by atoms with Gasteiger partial charge in [-0.25, -0.2) is 19.6 Å². The highest BCUT2D eigenvalue weighted by Crippen LogP contribution is 2.33. The molecule has 2 saturated heterocycles. The van der Waals surface area contributed by atoms with E-state index < -0.39 is 12.2 Å². The van der Waals surface area contributed by atoms with Crippen LogP contribution in [0, 0.1) is 0 Å². The average molecular weight is 555 g/mol. The van der Waals surface area contributed by atoms with Crippen LogP contribution in [0.15, 0.2) is 85.1 Å². The van der Waals surface area contributed by atoms with E-state index in [4.69, 9.17) is 14.2 Å². The summed E-state index contributed by atoms with van der Waals surface area (Å²) in [6, 6.07) is 24.7. The Bertz CT molecular complexity index is 1420. The maximum Gasteiger partial charge on any atom is 0.429 e. The van der Waals surface area contributed by atoms with Crippen molar-refractivity contribution in [2.24, 2.45) is 0 Å². The van der Waals surface area contributed by atoms with E-state index in [-0.39, 0.29) is 25.3 Å². The lowest BCUT2D eigenvalue weighted by Gasteiger charge is -2.30. The maximum absolute atomic E-state index is 13.4. The number of rotatable bonds is 8. The summed E-state index contributed by atoms with van der Waals surface area (Å²) in [5, 5.41) is 4.11. The number of amides is 2. The number of benzene rings is 3. The van der Waals surface area contributed by atoms with Crippen molar-refractivity contribution in [1.29, 1.82) is 0 Å². The fraction of sp³-hybridized carbons (Fsp3) is 0.312. The van der Waals surface area contributed by atoms with E-state index in [1.54, 1.807) is 7.11 Å². The van der Waals surface area contributed by atoms with Gasteiger partial charge in [0.2, 0.25) is 0 Å². The molecule has 0 saturated carbocycles. The number of likely N-dealkylation sites (tertiary alicyclic amines) is 1. The van der Waals surface area contributed by atoms with Crippen LogP contribution in [0.5, 0.6) is 5.75 Å². The highest BCUT2D eigenvalue weighted by atomic mass is 16.6. The molecule has 41 heavy (non-hydrogen) atoms. The third kappa shape index (κ3) is 5.85. The van der Waals surface area contributed by atoms with Gasteiger partial charge in [0.05, 0.1) is 19.2 Å². The Morgan fingerprint density at radius 3 is 1.98 bits per heavy atom.